The number of rotatable bonds is 18. The Kier molecular flexibility index (Phi) is 13.7. The van der Waals surface area contributed by atoms with Crippen LogP contribution in [-0.4, -0.2) is 4.70 Å². The van der Waals surface area contributed by atoms with Crippen molar-refractivity contribution in [3.8, 4) is 0 Å². The molecule has 1 heterocycles. The first kappa shape index (κ1) is 34.0. The molecule has 1 aliphatic heterocycles. The zero-order chi connectivity index (χ0) is 30.6. The first-order valence-electron chi connectivity index (χ1n) is 17.7. The molecular weight excluding hydrogens is 508 g/mol. The van der Waals surface area contributed by atoms with Crippen molar-refractivity contribution >= 4 is 11.4 Å². The largest absolute Gasteiger partial charge is 0.493 e. The molecule has 2 aromatic carbocycles. The molecule has 3 rings (SSSR count). The van der Waals surface area contributed by atoms with Crippen molar-refractivity contribution in [3.63, 3.8) is 0 Å². The monoisotopic (exact) mass is 568 g/mol. The Hall–Kier alpha value is -2.48. The van der Waals surface area contributed by atoms with Crippen LogP contribution in [0.15, 0.2) is 35.4 Å². The predicted octanol–water partition coefficient (Wildman–Crippen LogP) is 12.2. The van der Waals surface area contributed by atoms with Gasteiger partial charge in [-0.25, -0.2) is 4.70 Å². The summed E-state index contributed by atoms with van der Waals surface area (Å²) in [5.74, 6) is 0. The van der Waals surface area contributed by atoms with E-state index in [1.165, 1.54) is 70.2 Å². The molecular formula is C40H60N2. The van der Waals surface area contributed by atoms with Crippen molar-refractivity contribution in [2.45, 2.75) is 158 Å². The number of benzene rings is 2. The van der Waals surface area contributed by atoms with Gasteiger partial charge in [-0.15, -0.1) is 0 Å². The lowest BCUT2D eigenvalue weighted by Crippen LogP contribution is -2.08. The Bertz CT molecular complexity index is 1130. The second-order valence-corrected chi connectivity index (χ2v) is 12.3. The van der Waals surface area contributed by atoms with E-state index < -0.39 is 0 Å². The summed E-state index contributed by atoms with van der Waals surface area (Å²) >= 11 is 0. The lowest BCUT2D eigenvalue weighted by Gasteiger charge is -2.18. The number of nitrogens with zero attached hydrogens (tertiary/aromatic N) is 2. The number of aryl methyl sites for hydroxylation is 4. The Balaban J connectivity index is 2.28. The molecule has 0 fully saturated rings. The Labute approximate surface area is 259 Å². The van der Waals surface area contributed by atoms with E-state index in [-0.39, 0.29) is 0 Å². The van der Waals surface area contributed by atoms with E-state index in [0.29, 0.717) is 0 Å². The maximum Gasteiger partial charge on any atom is 0.211 e. The first-order valence-corrected chi connectivity index (χ1v) is 17.7. The third kappa shape index (κ3) is 7.53. The fraction of sp³-hybridized carbons (Fsp3) is 0.600. The average molecular weight is 569 g/mol. The van der Waals surface area contributed by atoms with Crippen molar-refractivity contribution in [1.29, 1.82) is 0 Å². The minimum atomic E-state index is 1.02. The summed E-state index contributed by atoms with van der Waals surface area (Å²) in [4.78, 5) is 0. The summed E-state index contributed by atoms with van der Waals surface area (Å²) in [6, 6.07) is 9.66. The van der Waals surface area contributed by atoms with Crippen LogP contribution in [0, 0.1) is 0 Å². The summed E-state index contributed by atoms with van der Waals surface area (Å²) in [7, 11) is 0. The second kappa shape index (κ2) is 17.0. The lowest BCUT2D eigenvalue weighted by molar-refractivity contribution is -0.345. The number of allylic oxidation sites excluding steroid dienone is 2. The second-order valence-electron chi connectivity index (χ2n) is 12.3. The van der Waals surface area contributed by atoms with E-state index in [4.69, 9.17) is 0 Å². The van der Waals surface area contributed by atoms with Gasteiger partial charge in [0.05, 0.1) is 0 Å². The minimum absolute atomic E-state index is 1.02. The maximum atomic E-state index is 12.3. The van der Waals surface area contributed by atoms with Crippen LogP contribution in [0.3, 0.4) is 0 Å². The van der Waals surface area contributed by atoms with E-state index in [0.717, 1.165) is 88.4 Å². The van der Waals surface area contributed by atoms with Crippen molar-refractivity contribution in [2.75, 3.05) is 0 Å². The molecule has 0 aromatic heterocycles. The highest BCUT2D eigenvalue weighted by atomic mass is 15.2. The van der Waals surface area contributed by atoms with Gasteiger partial charge in [0.2, 0.25) is 11.4 Å². The van der Waals surface area contributed by atoms with Crippen LogP contribution >= 0.6 is 0 Å². The van der Waals surface area contributed by atoms with E-state index in [2.05, 4.69) is 79.7 Å². The van der Waals surface area contributed by atoms with E-state index in [1.54, 1.807) is 15.8 Å². The summed E-state index contributed by atoms with van der Waals surface area (Å²) in [6.07, 6.45) is 18.0. The molecule has 2 heteroatoms. The van der Waals surface area contributed by atoms with Crippen LogP contribution in [0.25, 0.3) is 16.9 Å². The van der Waals surface area contributed by atoms with E-state index in [9.17, 15) is 5.53 Å². The Morgan fingerprint density at radius 1 is 0.452 bits per heavy atom. The molecule has 0 amide bonds. The number of unbranched alkanes of at least 4 members (excludes halogenated alkanes) is 4. The standard InChI is InChI=1S/C40H60N2/c1-9-17-21-35-29(13-5)25-33(26-30(35)14-6)39-37(23-19-11-3)38(24-20-12-4)40(42(39)41)34-27-31(15-7)36(22-18-10-2)32(16-8)28-34/h25-28H,9-24H2,1-8H3. The zero-order valence-corrected chi connectivity index (χ0v) is 28.5. The predicted molar refractivity (Wildman–Crippen MR) is 184 cm³/mol. The highest BCUT2D eigenvalue weighted by Crippen LogP contribution is 2.45. The van der Waals surface area contributed by atoms with Crippen LogP contribution in [0.4, 0.5) is 0 Å². The molecule has 0 spiro atoms. The van der Waals surface area contributed by atoms with Gasteiger partial charge in [0, 0.05) is 22.3 Å². The van der Waals surface area contributed by atoms with Crippen LogP contribution in [0.2, 0.25) is 0 Å². The van der Waals surface area contributed by atoms with Gasteiger partial charge < -0.3 is 5.53 Å². The molecule has 42 heavy (non-hydrogen) atoms. The quantitative estimate of drug-likeness (QED) is 0.160. The van der Waals surface area contributed by atoms with Crippen molar-refractivity contribution < 1.29 is 4.70 Å². The van der Waals surface area contributed by atoms with Gasteiger partial charge in [0.1, 0.15) is 0 Å². The van der Waals surface area contributed by atoms with Crippen molar-refractivity contribution in [2.24, 2.45) is 0 Å². The fourth-order valence-corrected chi connectivity index (χ4v) is 6.97. The van der Waals surface area contributed by atoms with E-state index >= 15 is 0 Å². The van der Waals surface area contributed by atoms with Gasteiger partial charge in [-0.2, -0.15) is 0 Å². The first-order chi connectivity index (χ1) is 20.4. The van der Waals surface area contributed by atoms with Gasteiger partial charge >= 0.3 is 0 Å². The zero-order valence-electron chi connectivity index (χ0n) is 28.5. The van der Waals surface area contributed by atoms with Crippen LogP contribution in [-0.2, 0) is 38.5 Å². The minimum Gasteiger partial charge on any atom is -0.493 e. The highest BCUT2D eigenvalue weighted by molar-refractivity contribution is 5.83. The Morgan fingerprint density at radius 2 is 0.738 bits per heavy atom. The Morgan fingerprint density at radius 3 is 1.00 bits per heavy atom. The number of hydrogen-bond acceptors (Lipinski definition) is 0. The molecule has 0 saturated heterocycles. The maximum absolute atomic E-state index is 12.3. The van der Waals surface area contributed by atoms with Gasteiger partial charge in [0.25, 0.3) is 0 Å². The molecule has 0 saturated carbocycles. The molecule has 0 unspecified atom stereocenters. The topological polar surface area (TPSA) is 25.3 Å². The van der Waals surface area contributed by atoms with Crippen LogP contribution in [0.5, 0.6) is 0 Å². The summed E-state index contributed by atoms with van der Waals surface area (Å²) in [5.41, 5.74) is 28.5. The normalized spacial score (nSPS) is 13.7. The molecule has 0 atom stereocenters. The van der Waals surface area contributed by atoms with Gasteiger partial charge in [-0.1, -0.05) is 81.1 Å². The van der Waals surface area contributed by atoms with Gasteiger partial charge in [-0.3, -0.25) is 0 Å². The van der Waals surface area contributed by atoms with Crippen molar-refractivity contribution in [1.82, 2.24) is 0 Å². The molecule has 0 radical (unpaired) electrons. The smallest absolute Gasteiger partial charge is 0.211 e. The average Bonchev–Trinajstić information content (AvgIpc) is 3.29. The summed E-state index contributed by atoms with van der Waals surface area (Å²) in [5, 5.41) is 0. The van der Waals surface area contributed by atoms with Gasteiger partial charge in [0.15, 0.2) is 0 Å². The van der Waals surface area contributed by atoms with Gasteiger partial charge in [-0.05, 0) is 135 Å². The molecule has 0 bridgehead atoms. The molecule has 1 aliphatic rings. The summed E-state index contributed by atoms with van der Waals surface area (Å²) < 4.78 is 1.62. The summed E-state index contributed by atoms with van der Waals surface area (Å²) in [6.45, 7) is 18.3. The number of hydrogen-bond donors (Lipinski definition) is 0. The SMILES string of the molecule is CCCCC1=C(c2cc(CC)c(CCCC)c(CC)c2)[N+](=[N-])C(c2cc(CC)c(CCCC)c(CC)c2)=C1CCCC. The lowest BCUT2D eigenvalue weighted by atomic mass is 9.87. The highest BCUT2D eigenvalue weighted by Gasteiger charge is 2.36. The third-order valence-electron chi connectivity index (χ3n) is 9.42. The van der Waals surface area contributed by atoms with Crippen LogP contribution < -0.4 is 0 Å². The van der Waals surface area contributed by atoms with E-state index in [1.807, 2.05) is 0 Å². The van der Waals surface area contributed by atoms with Crippen molar-refractivity contribution in [3.05, 3.63) is 85.5 Å². The van der Waals surface area contributed by atoms with Crippen LogP contribution in [0.1, 0.15) is 164 Å². The molecule has 2 aromatic rings. The molecule has 0 aliphatic carbocycles. The third-order valence-corrected chi connectivity index (χ3v) is 9.42. The molecule has 0 N–H and O–H groups in total. The molecule has 2 nitrogen and oxygen atoms in total. The molecule has 230 valence electrons. The fourth-order valence-electron chi connectivity index (χ4n) is 6.97.